The molecule has 2 rings (SSSR count). The van der Waals surface area contributed by atoms with Gasteiger partial charge in [0, 0.05) is 10.7 Å². The highest BCUT2D eigenvalue weighted by Crippen LogP contribution is 2.17. The molecule has 2 N–H and O–H groups in total. The third kappa shape index (κ3) is 4.77. The largest absolute Gasteiger partial charge is 0.325 e. The first-order valence-corrected chi connectivity index (χ1v) is 8.61. The van der Waals surface area contributed by atoms with Crippen LogP contribution in [0, 0.1) is 5.92 Å². The van der Waals surface area contributed by atoms with Gasteiger partial charge in [0.05, 0.1) is 18.1 Å². The molecule has 20 heavy (non-hydrogen) atoms. The molecule has 5 nitrogen and oxygen atoms in total. The molecule has 7 heteroatoms. The van der Waals surface area contributed by atoms with E-state index in [1.807, 2.05) is 0 Å². The topological polar surface area (TPSA) is 75.3 Å². The van der Waals surface area contributed by atoms with Crippen LogP contribution in [0.25, 0.3) is 0 Å². The van der Waals surface area contributed by atoms with E-state index in [0.717, 1.165) is 0 Å². The van der Waals surface area contributed by atoms with Gasteiger partial charge in [-0.25, -0.2) is 8.42 Å². The minimum absolute atomic E-state index is 0.114. The van der Waals surface area contributed by atoms with Gasteiger partial charge in [-0.05, 0) is 43.1 Å². The maximum atomic E-state index is 11.7. The Bertz CT molecular complexity index is 572. The van der Waals surface area contributed by atoms with Crippen molar-refractivity contribution in [3.05, 3.63) is 29.3 Å². The molecule has 0 spiro atoms. The zero-order valence-corrected chi connectivity index (χ0v) is 12.5. The number of nitrogens with one attached hydrogen (secondary N) is 2. The van der Waals surface area contributed by atoms with Crippen molar-refractivity contribution in [2.45, 2.75) is 6.42 Å². The number of rotatable bonds is 5. The third-order valence-corrected chi connectivity index (χ3v) is 5.26. The van der Waals surface area contributed by atoms with Gasteiger partial charge in [-0.2, -0.15) is 0 Å². The molecule has 1 atom stereocenters. The Morgan fingerprint density at radius 2 is 2.00 bits per heavy atom. The van der Waals surface area contributed by atoms with Crippen molar-refractivity contribution < 1.29 is 13.2 Å². The van der Waals surface area contributed by atoms with Crippen LogP contribution in [0.1, 0.15) is 6.42 Å². The molecule has 1 unspecified atom stereocenters. The molecule has 0 aliphatic carbocycles. The van der Waals surface area contributed by atoms with Gasteiger partial charge >= 0.3 is 0 Å². The molecule has 0 bridgehead atoms. The number of sulfone groups is 1. The Labute approximate surface area is 123 Å². The van der Waals surface area contributed by atoms with Crippen LogP contribution in [0.4, 0.5) is 5.69 Å². The van der Waals surface area contributed by atoms with Crippen molar-refractivity contribution in [3.63, 3.8) is 0 Å². The van der Waals surface area contributed by atoms with Gasteiger partial charge in [0.1, 0.15) is 0 Å². The average Bonchev–Trinajstić information content (AvgIpc) is 2.72. The van der Waals surface area contributed by atoms with E-state index in [-0.39, 0.29) is 29.9 Å². The summed E-state index contributed by atoms with van der Waals surface area (Å²) in [6, 6.07) is 6.86. The molecule has 0 aromatic heterocycles. The number of carbonyl (C=O) groups excluding carboxylic acids is 1. The van der Waals surface area contributed by atoms with Crippen LogP contribution >= 0.6 is 11.6 Å². The lowest BCUT2D eigenvalue weighted by Crippen LogP contribution is -2.32. The van der Waals surface area contributed by atoms with Gasteiger partial charge in [-0.3, -0.25) is 4.79 Å². The molecular weight excluding hydrogens is 300 g/mol. The van der Waals surface area contributed by atoms with Crippen molar-refractivity contribution >= 4 is 33.0 Å². The third-order valence-electron chi connectivity index (χ3n) is 3.17. The van der Waals surface area contributed by atoms with Crippen molar-refractivity contribution in [2.75, 3.05) is 29.9 Å². The highest BCUT2D eigenvalue weighted by molar-refractivity contribution is 7.91. The maximum absolute atomic E-state index is 11.7. The van der Waals surface area contributed by atoms with Gasteiger partial charge < -0.3 is 10.6 Å². The highest BCUT2D eigenvalue weighted by Gasteiger charge is 2.27. The number of carbonyl (C=O) groups is 1. The molecular formula is C13H17ClN2O3S. The summed E-state index contributed by atoms with van der Waals surface area (Å²) in [4.78, 5) is 11.7. The first-order chi connectivity index (χ1) is 9.44. The highest BCUT2D eigenvalue weighted by atomic mass is 35.5. The fourth-order valence-corrected chi connectivity index (χ4v) is 4.15. The molecule has 1 aromatic rings. The number of halogens is 1. The summed E-state index contributed by atoms with van der Waals surface area (Å²) < 4.78 is 22.6. The van der Waals surface area contributed by atoms with Crippen LogP contribution in [-0.2, 0) is 14.6 Å². The van der Waals surface area contributed by atoms with Crippen molar-refractivity contribution in [1.29, 1.82) is 0 Å². The molecule has 0 saturated carbocycles. The summed E-state index contributed by atoms with van der Waals surface area (Å²) in [7, 11) is -2.85. The van der Waals surface area contributed by atoms with E-state index in [9.17, 15) is 13.2 Å². The van der Waals surface area contributed by atoms with Crippen LogP contribution in [-0.4, -0.2) is 38.9 Å². The predicted octanol–water partition coefficient (Wildman–Crippen LogP) is 1.30. The molecule has 110 valence electrons. The van der Waals surface area contributed by atoms with E-state index in [2.05, 4.69) is 10.6 Å². The van der Waals surface area contributed by atoms with E-state index in [0.29, 0.717) is 23.7 Å². The van der Waals surface area contributed by atoms with Crippen molar-refractivity contribution in [1.82, 2.24) is 5.32 Å². The van der Waals surface area contributed by atoms with Crippen LogP contribution in [0.5, 0.6) is 0 Å². The van der Waals surface area contributed by atoms with Gasteiger partial charge in [0.2, 0.25) is 5.91 Å². The average molecular weight is 317 g/mol. The first kappa shape index (κ1) is 15.3. The summed E-state index contributed by atoms with van der Waals surface area (Å²) in [5.41, 5.74) is 0.685. The maximum Gasteiger partial charge on any atom is 0.238 e. The fourth-order valence-electron chi connectivity index (χ4n) is 2.16. The number of hydrogen-bond donors (Lipinski definition) is 2. The summed E-state index contributed by atoms with van der Waals surface area (Å²) in [5, 5.41) is 6.34. The lowest BCUT2D eigenvalue weighted by molar-refractivity contribution is -0.115. The van der Waals surface area contributed by atoms with E-state index in [1.54, 1.807) is 24.3 Å². The second-order valence-electron chi connectivity index (χ2n) is 4.96. The Hall–Kier alpha value is -1.11. The zero-order chi connectivity index (χ0) is 14.6. The number of amides is 1. The van der Waals surface area contributed by atoms with Gasteiger partial charge in [-0.15, -0.1) is 0 Å². The summed E-state index contributed by atoms with van der Waals surface area (Å²) >= 11 is 5.75. The Morgan fingerprint density at radius 3 is 2.60 bits per heavy atom. The van der Waals surface area contributed by atoms with E-state index in [1.165, 1.54) is 0 Å². The van der Waals surface area contributed by atoms with Crippen LogP contribution in [0.15, 0.2) is 24.3 Å². The van der Waals surface area contributed by atoms with Crippen molar-refractivity contribution in [3.8, 4) is 0 Å². The van der Waals surface area contributed by atoms with E-state index >= 15 is 0 Å². The molecule has 1 heterocycles. The van der Waals surface area contributed by atoms with E-state index < -0.39 is 9.84 Å². The molecule has 1 aliphatic heterocycles. The van der Waals surface area contributed by atoms with Gasteiger partial charge in [0.25, 0.3) is 0 Å². The van der Waals surface area contributed by atoms with Gasteiger partial charge in [0.15, 0.2) is 9.84 Å². The lowest BCUT2D eigenvalue weighted by Gasteiger charge is -2.10. The SMILES string of the molecule is O=C(CNCC1CCS(=O)(=O)C1)Nc1ccc(Cl)cc1. The van der Waals surface area contributed by atoms with E-state index in [4.69, 9.17) is 11.6 Å². The lowest BCUT2D eigenvalue weighted by atomic mass is 10.1. The molecule has 1 aliphatic rings. The smallest absolute Gasteiger partial charge is 0.238 e. The van der Waals surface area contributed by atoms with Crippen molar-refractivity contribution in [2.24, 2.45) is 5.92 Å². The van der Waals surface area contributed by atoms with Crippen LogP contribution < -0.4 is 10.6 Å². The molecule has 1 aromatic carbocycles. The quantitative estimate of drug-likeness (QED) is 0.858. The zero-order valence-electron chi connectivity index (χ0n) is 10.9. The second-order valence-corrected chi connectivity index (χ2v) is 7.62. The summed E-state index contributed by atoms with van der Waals surface area (Å²) in [5.74, 6) is 0.436. The Balaban J connectivity index is 1.69. The van der Waals surface area contributed by atoms with Gasteiger partial charge in [-0.1, -0.05) is 11.6 Å². The fraction of sp³-hybridized carbons (Fsp3) is 0.462. The number of benzene rings is 1. The molecule has 1 fully saturated rings. The Kier molecular flexibility index (Phi) is 5.01. The Morgan fingerprint density at radius 1 is 1.30 bits per heavy atom. The molecule has 0 radical (unpaired) electrons. The predicted molar refractivity (Wildman–Crippen MR) is 79.7 cm³/mol. The van der Waals surface area contributed by atoms with Crippen LogP contribution in [0.3, 0.4) is 0 Å². The minimum atomic E-state index is -2.85. The first-order valence-electron chi connectivity index (χ1n) is 6.41. The normalized spacial score (nSPS) is 20.8. The van der Waals surface area contributed by atoms with Crippen LogP contribution in [0.2, 0.25) is 5.02 Å². The number of hydrogen-bond acceptors (Lipinski definition) is 4. The minimum Gasteiger partial charge on any atom is -0.325 e. The molecule has 1 saturated heterocycles. The summed E-state index contributed by atoms with van der Waals surface area (Å²) in [6.07, 6.45) is 0.675. The summed E-state index contributed by atoms with van der Waals surface area (Å²) in [6.45, 7) is 0.715. The monoisotopic (exact) mass is 316 g/mol. The standard InChI is InChI=1S/C13H17ClN2O3S/c14-11-1-3-12(4-2-11)16-13(17)8-15-7-10-5-6-20(18,19)9-10/h1-4,10,15H,5-9H2,(H,16,17). The second kappa shape index (κ2) is 6.56. The molecule has 1 amide bonds. The number of anilines is 1.